The van der Waals surface area contributed by atoms with Crippen molar-refractivity contribution in [2.45, 2.75) is 31.3 Å². The Kier molecular flexibility index (Phi) is 4.04. The van der Waals surface area contributed by atoms with Gasteiger partial charge in [0.2, 0.25) is 0 Å². The second-order valence-corrected chi connectivity index (χ2v) is 4.60. The smallest absolute Gasteiger partial charge is 0.251 e. The number of aromatic hydroxyl groups is 1. The number of carbonyl (C=O) groups excluding carboxylic acids is 1. The second-order valence-electron chi connectivity index (χ2n) is 4.60. The molecule has 104 valence electrons. The molecule has 4 atom stereocenters. The fourth-order valence-corrected chi connectivity index (χ4v) is 2.15. The van der Waals surface area contributed by atoms with Crippen LogP contribution in [0.4, 0.5) is 0 Å². The molecule has 0 aliphatic carbocycles. The van der Waals surface area contributed by atoms with Crippen LogP contribution >= 0.6 is 0 Å². The minimum Gasteiger partial charge on any atom is -0.508 e. The normalized spacial score (nSPS) is 30.3. The molecule has 1 saturated heterocycles. The van der Waals surface area contributed by atoms with Crippen LogP contribution in [0.2, 0.25) is 0 Å². The molecule has 2 rings (SSSR count). The van der Waals surface area contributed by atoms with Gasteiger partial charge in [-0.15, -0.1) is 0 Å². The number of amides is 1. The van der Waals surface area contributed by atoms with Crippen LogP contribution < -0.4 is 5.32 Å². The highest BCUT2D eigenvalue weighted by Gasteiger charge is 2.41. The van der Waals surface area contributed by atoms with Crippen molar-refractivity contribution in [3.63, 3.8) is 0 Å². The molecular formula is C13H17NO5. The quantitative estimate of drug-likeness (QED) is 0.599. The first-order chi connectivity index (χ1) is 9.02. The predicted molar refractivity (Wildman–Crippen MR) is 66.8 cm³/mol. The Balaban J connectivity index is 2.04. The van der Waals surface area contributed by atoms with E-state index in [-0.39, 0.29) is 24.4 Å². The van der Waals surface area contributed by atoms with E-state index in [4.69, 9.17) is 14.9 Å². The highest BCUT2D eigenvalue weighted by atomic mass is 16.5. The van der Waals surface area contributed by atoms with Crippen molar-refractivity contribution >= 4 is 5.91 Å². The monoisotopic (exact) mass is 267 g/mol. The van der Waals surface area contributed by atoms with E-state index in [1.54, 1.807) is 6.92 Å². The van der Waals surface area contributed by atoms with E-state index in [0.29, 0.717) is 5.56 Å². The Morgan fingerprint density at radius 3 is 2.53 bits per heavy atom. The number of phenols is 1. The molecule has 0 radical (unpaired) electrons. The SMILES string of the molecule is C[C@@H]1O[C@H](CO)[C@H](O)C1NC(=O)c1ccc(O)cc1. The molecule has 1 aromatic carbocycles. The number of hydrogen-bond acceptors (Lipinski definition) is 5. The molecule has 1 amide bonds. The lowest BCUT2D eigenvalue weighted by Crippen LogP contribution is -2.47. The summed E-state index contributed by atoms with van der Waals surface area (Å²) in [6.07, 6.45) is -2.01. The average Bonchev–Trinajstić information content (AvgIpc) is 2.67. The van der Waals surface area contributed by atoms with Crippen LogP contribution in [0.3, 0.4) is 0 Å². The van der Waals surface area contributed by atoms with Gasteiger partial charge in [0.1, 0.15) is 18.0 Å². The maximum atomic E-state index is 12.0. The van der Waals surface area contributed by atoms with Gasteiger partial charge in [-0.3, -0.25) is 4.79 Å². The van der Waals surface area contributed by atoms with Crippen LogP contribution in [0.5, 0.6) is 5.75 Å². The summed E-state index contributed by atoms with van der Waals surface area (Å²) in [5.74, 6) is -0.285. The molecule has 0 bridgehead atoms. The van der Waals surface area contributed by atoms with Crippen molar-refractivity contribution in [3.8, 4) is 5.75 Å². The summed E-state index contributed by atoms with van der Waals surface area (Å²) in [5, 5.41) is 30.8. The first-order valence-electron chi connectivity index (χ1n) is 6.07. The Morgan fingerprint density at radius 1 is 1.37 bits per heavy atom. The minimum absolute atomic E-state index is 0.0782. The Morgan fingerprint density at radius 2 is 2.00 bits per heavy atom. The first-order valence-corrected chi connectivity index (χ1v) is 6.07. The van der Waals surface area contributed by atoms with Gasteiger partial charge in [-0.1, -0.05) is 0 Å². The zero-order valence-electron chi connectivity index (χ0n) is 10.5. The average molecular weight is 267 g/mol. The number of ether oxygens (including phenoxy) is 1. The van der Waals surface area contributed by atoms with Gasteiger partial charge in [-0.2, -0.15) is 0 Å². The van der Waals surface area contributed by atoms with Gasteiger partial charge in [-0.05, 0) is 31.2 Å². The summed E-state index contributed by atoms with van der Waals surface area (Å²) in [6, 6.07) is 5.23. The van der Waals surface area contributed by atoms with Crippen molar-refractivity contribution in [2.75, 3.05) is 6.61 Å². The van der Waals surface area contributed by atoms with E-state index < -0.39 is 18.2 Å². The molecule has 4 N–H and O–H groups in total. The lowest BCUT2D eigenvalue weighted by molar-refractivity contribution is -0.0170. The highest BCUT2D eigenvalue weighted by Crippen LogP contribution is 2.21. The number of phenolic OH excluding ortho intramolecular Hbond substituents is 1. The third kappa shape index (κ3) is 2.86. The summed E-state index contributed by atoms with van der Waals surface area (Å²) in [7, 11) is 0. The fourth-order valence-electron chi connectivity index (χ4n) is 2.15. The summed E-state index contributed by atoms with van der Waals surface area (Å²) < 4.78 is 5.34. The number of nitrogens with one attached hydrogen (secondary N) is 1. The van der Waals surface area contributed by atoms with Gasteiger partial charge in [0.15, 0.2) is 0 Å². The largest absolute Gasteiger partial charge is 0.508 e. The van der Waals surface area contributed by atoms with Crippen molar-refractivity contribution in [1.82, 2.24) is 5.32 Å². The van der Waals surface area contributed by atoms with Crippen molar-refractivity contribution in [2.24, 2.45) is 0 Å². The lowest BCUT2D eigenvalue weighted by Gasteiger charge is -2.19. The summed E-state index contributed by atoms with van der Waals surface area (Å²) in [6.45, 7) is 1.43. The van der Waals surface area contributed by atoms with Crippen molar-refractivity contribution in [1.29, 1.82) is 0 Å². The number of rotatable bonds is 3. The molecule has 1 aliphatic heterocycles. The minimum atomic E-state index is -0.943. The van der Waals surface area contributed by atoms with Gasteiger partial charge in [-0.25, -0.2) is 0 Å². The predicted octanol–water partition coefficient (Wildman–Crippen LogP) is -0.369. The lowest BCUT2D eigenvalue weighted by atomic mass is 10.0. The first kappa shape index (κ1) is 13.8. The molecule has 6 nitrogen and oxygen atoms in total. The molecule has 19 heavy (non-hydrogen) atoms. The van der Waals surface area contributed by atoms with E-state index >= 15 is 0 Å². The van der Waals surface area contributed by atoms with Crippen LogP contribution in [0.25, 0.3) is 0 Å². The standard InChI is InChI=1S/C13H17NO5/c1-7-11(12(17)10(6-15)19-7)14-13(18)8-2-4-9(16)5-3-8/h2-5,7,10-12,15-17H,6H2,1H3,(H,14,18)/t7-,10+,11?,12-/m0/s1. The van der Waals surface area contributed by atoms with Gasteiger partial charge < -0.3 is 25.4 Å². The third-order valence-corrected chi connectivity index (χ3v) is 3.25. The van der Waals surface area contributed by atoms with E-state index in [0.717, 1.165) is 0 Å². The topological polar surface area (TPSA) is 99.0 Å². The van der Waals surface area contributed by atoms with Crippen LogP contribution in [0.1, 0.15) is 17.3 Å². The Labute approximate surface area is 110 Å². The van der Waals surface area contributed by atoms with Gasteiger partial charge in [0.05, 0.1) is 18.8 Å². The molecule has 6 heteroatoms. The summed E-state index contributed by atoms with van der Waals surface area (Å²) in [5.41, 5.74) is 0.379. The number of aliphatic hydroxyl groups is 2. The maximum absolute atomic E-state index is 12.0. The molecule has 0 aromatic heterocycles. The molecule has 1 fully saturated rings. The summed E-state index contributed by atoms with van der Waals surface area (Å²) >= 11 is 0. The molecule has 0 saturated carbocycles. The number of carbonyl (C=O) groups is 1. The van der Waals surface area contributed by atoms with Gasteiger partial charge >= 0.3 is 0 Å². The third-order valence-electron chi connectivity index (χ3n) is 3.25. The molecule has 1 aromatic rings. The number of benzene rings is 1. The molecular weight excluding hydrogens is 250 g/mol. The number of aliphatic hydroxyl groups excluding tert-OH is 2. The Bertz CT molecular complexity index is 447. The summed E-state index contributed by atoms with van der Waals surface area (Å²) in [4.78, 5) is 12.0. The molecule has 1 aliphatic rings. The van der Waals surface area contributed by atoms with E-state index in [1.807, 2.05) is 0 Å². The van der Waals surface area contributed by atoms with Crippen LogP contribution in [-0.2, 0) is 4.74 Å². The van der Waals surface area contributed by atoms with Crippen LogP contribution in [-0.4, -0.2) is 52.2 Å². The molecule has 0 spiro atoms. The van der Waals surface area contributed by atoms with Crippen LogP contribution in [0, 0.1) is 0 Å². The van der Waals surface area contributed by atoms with Gasteiger partial charge in [0.25, 0.3) is 5.91 Å². The number of hydrogen-bond donors (Lipinski definition) is 4. The molecule has 1 heterocycles. The van der Waals surface area contributed by atoms with E-state index in [9.17, 15) is 9.90 Å². The Hall–Kier alpha value is -1.63. The van der Waals surface area contributed by atoms with E-state index in [1.165, 1.54) is 24.3 Å². The fraction of sp³-hybridized carbons (Fsp3) is 0.462. The van der Waals surface area contributed by atoms with Crippen molar-refractivity contribution < 1.29 is 24.9 Å². The molecule has 1 unspecified atom stereocenters. The van der Waals surface area contributed by atoms with Crippen LogP contribution in [0.15, 0.2) is 24.3 Å². The van der Waals surface area contributed by atoms with Gasteiger partial charge in [0, 0.05) is 5.56 Å². The maximum Gasteiger partial charge on any atom is 0.251 e. The zero-order chi connectivity index (χ0) is 14.0. The van der Waals surface area contributed by atoms with Crippen molar-refractivity contribution in [3.05, 3.63) is 29.8 Å². The second kappa shape index (κ2) is 5.56. The zero-order valence-corrected chi connectivity index (χ0v) is 10.5. The highest BCUT2D eigenvalue weighted by molar-refractivity contribution is 5.94. The van der Waals surface area contributed by atoms with E-state index in [2.05, 4.69) is 5.32 Å².